The Bertz CT molecular complexity index is 843. The molecule has 0 saturated carbocycles. The largest absolute Gasteiger partial charge is 0.493 e. The van der Waals surface area contributed by atoms with Gasteiger partial charge in [-0.25, -0.2) is 0 Å². The van der Waals surface area contributed by atoms with Gasteiger partial charge in [-0.1, -0.05) is 23.5 Å². The summed E-state index contributed by atoms with van der Waals surface area (Å²) >= 11 is 1.57. The lowest BCUT2D eigenvalue weighted by Gasteiger charge is -2.07. The van der Waals surface area contributed by atoms with E-state index >= 15 is 0 Å². The molecule has 0 atom stereocenters. The molecule has 118 valence electrons. The Kier molecular flexibility index (Phi) is 4.30. The van der Waals surface area contributed by atoms with Crippen LogP contribution in [0.5, 0.6) is 11.5 Å². The molecule has 4 nitrogen and oxygen atoms in total. The number of nitrogens with zero attached hydrogens (tertiary/aromatic N) is 2. The van der Waals surface area contributed by atoms with Gasteiger partial charge in [0.1, 0.15) is 10.0 Å². The van der Waals surface area contributed by atoms with Gasteiger partial charge >= 0.3 is 0 Å². The number of rotatable bonds is 4. The molecule has 0 aliphatic carbocycles. The van der Waals surface area contributed by atoms with Gasteiger partial charge in [0.15, 0.2) is 11.5 Å². The number of aromatic nitrogens is 2. The fraction of sp³-hybridized carbons (Fsp3) is 0.222. The lowest BCUT2D eigenvalue weighted by atomic mass is 10.1. The minimum Gasteiger partial charge on any atom is -0.493 e. The zero-order valence-corrected chi connectivity index (χ0v) is 14.4. The van der Waals surface area contributed by atoms with Gasteiger partial charge in [-0.05, 0) is 49.2 Å². The maximum atomic E-state index is 5.35. The fourth-order valence-electron chi connectivity index (χ4n) is 2.30. The number of benzene rings is 2. The molecule has 3 rings (SSSR count). The van der Waals surface area contributed by atoms with Crippen molar-refractivity contribution in [1.29, 1.82) is 0 Å². The van der Waals surface area contributed by atoms with Gasteiger partial charge in [0.25, 0.3) is 0 Å². The standard InChI is InChI=1S/C18H18N2O2S/c1-11-5-6-13(9-12(11)2)17-19-20-18(23-17)14-7-8-15(21-3)16(10-14)22-4/h5-10H,1-4H3. The molecule has 0 radical (unpaired) electrons. The first-order chi connectivity index (χ1) is 11.1. The van der Waals surface area contributed by atoms with Crippen molar-refractivity contribution in [3.63, 3.8) is 0 Å². The van der Waals surface area contributed by atoms with Crippen LogP contribution in [0, 0.1) is 13.8 Å². The molecule has 3 aromatic rings. The molecule has 2 aromatic carbocycles. The van der Waals surface area contributed by atoms with E-state index in [0.29, 0.717) is 11.5 Å². The van der Waals surface area contributed by atoms with Crippen LogP contribution < -0.4 is 9.47 Å². The third kappa shape index (κ3) is 3.05. The van der Waals surface area contributed by atoms with E-state index in [1.165, 1.54) is 11.1 Å². The smallest absolute Gasteiger partial charge is 0.161 e. The molecule has 0 amide bonds. The van der Waals surface area contributed by atoms with Crippen molar-refractivity contribution >= 4 is 11.3 Å². The molecular weight excluding hydrogens is 308 g/mol. The second kappa shape index (κ2) is 6.38. The predicted octanol–water partition coefficient (Wildman–Crippen LogP) is 4.51. The van der Waals surface area contributed by atoms with E-state index in [0.717, 1.165) is 21.1 Å². The van der Waals surface area contributed by atoms with Crippen molar-refractivity contribution in [3.05, 3.63) is 47.5 Å². The van der Waals surface area contributed by atoms with E-state index in [2.05, 4.69) is 42.2 Å². The summed E-state index contributed by atoms with van der Waals surface area (Å²) in [5, 5.41) is 10.4. The minimum absolute atomic E-state index is 0.688. The number of aryl methyl sites for hydroxylation is 2. The number of hydrogen-bond acceptors (Lipinski definition) is 5. The molecule has 5 heteroatoms. The Morgan fingerprint density at radius 3 is 1.96 bits per heavy atom. The molecule has 1 aromatic heterocycles. The Morgan fingerprint density at radius 2 is 1.35 bits per heavy atom. The molecule has 0 saturated heterocycles. The molecule has 0 aliphatic heterocycles. The van der Waals surface area contributed by atoms with Crippen LogP contribution >= 0.6 is 11.3 Å². The lowest BCUT2D eigenvalue weighted by molar-refractivity contribution is 0.355. The van der Waals surface area contributed by atoms with Gasteiger partial charge in [0, 0.05) is 11.1 Å². The summed E-state index contributed by atoms with van der Waals surface area (Å²) in [6.07, 6.45) is 0. The summed E-state index contributed by atoms with van der Waals surface area (Å²) < 4.78 is 10.6. The molecule has 0 fully saturated rings. The van der Waals surface area contributed by atoms with Crippen LogP contribution in [0.3, 0.4) is 0 Å². The van der Waals surface area contributed by atoms with Gasteiger partial charge in [0.2, 0.25) is 0 Å². The summed E-state index contributed by atoms with van der Waals surface area (Å²) in [7, 11) is 3.25. The topological polar surface area (TPSA) is 44.2 Å². The van der Waals surface area contributed by atoms with E-state index < -0.39 is 0 Å². The molecule has 1 heterocycles. The second-order valence-corrected chi connectivity index (χ2v) is 6.26. The highest BCUT2D eigenvalue weighted by Crippen LogP contribution is 2.35. The summed E-state index contributed by atoms with van der Waals surface area (Å²) in [5.41, 5.74) is 4.59. The van der Waals surface area contributed by atoms with Crippen LogP contribution in [0.1, 0.15) is 11.1 Å². The first-order valence-electron chi connectivity index (χ1n) is 7.26. The molecule has 0 unspecified atom stereocenters. The lowest BCUT2D eigenvalue weighted by Crippen LogP contribution is -1.90. The Hall–Kier alpha value is -2.40. The highest BCUT2D eigenvalue weighted by Gasteiger charge is 2.12. The first kappa shape index (κ1) is 15.5. The maximum Gasteiger partial charge on any atom is 0.161 e. The SMILES string of the molecule is COc1ccc(-c2nnc(-c3ccc(C)c(C)c3)s2)cc1OC. The number of methoxy groups -OCH3 is 2. The van der Waals surface area contributed by atoms with Crippen LogP contribution in [0.15, 0.2) is 36.4 Å². The second-order valence-electron chi connectivity index (χ2n) is 5.28. The Morgan fingerprint density at radius 1 is 0.739 bits per heavy atom. The third-order valence-electron chi connectivity index (χ3n) is 3.81. The minimum atomic E-state index is 0.688. The van der Waals surface area contributed by atoms with Crippen molar-refractivity contribution in [1.82, 2.24) is 10.2 Å². The third-order valence-corrected chi connectivity index (χ3v) is 4.83. The van der Waals surface area contributed by atoms with Gasteiger partial charge in [-0.2, -0.15) is 0 Å². The average molecular weight is 326 g/mol. The van der Waals surface area contributed by atoms with Crippen molar-refractivity contribution in [2.24, 2.45) is 0 Å². The zero-order valence-electron chi connectivity index (χ0n) is 13.6. The van der Waals surface area contributed by atoms with E-state index in [4.69, 9.17) is 9.47 Å². The van der Waals surface area contributed by atoms with Crippen LogP contribution in [-0.2, 0) is 0 Å². The van der Waals surface area contributed by atoms with E-state index in [1.54, 1.807) is 25.6 Å². The van der Waals surface area contributed by atoms with Gasteiger partial charge in [0.05, 0.1) is 14.2 Å². The summed E-state index contributed by atoms with van der Waals surface area (Å²) in [4.78, 5) is 0. The highest BCUT2D eigenvalue weighted by atomic mass is 32.1. The predicted molar refractivity (Wildman–Crippen MR) is 93.4 cm³/mol. The molecule has 0 aliphatic rings. The molecule has 0 spiro atoms. The van der Waals surface area contributed by atoms with Crippen LogP contribution in [0.2, 0.25) is 0 Å². The van der Waals surface area contributed by atoms with Gasteiger partial charge in [-0.3, -0.25) is 0 Å². The van der Waals surface area contributed by atoms with Gasteiger partial charge in [-0.15, -0.1) is 10.2 Å². The van der Waals surface area contributed by atoms with Crippen molar-refractivity contribution in [2.75, 3.05) is 14.2 Å². The molecular formula is C18H18N2O2S. The number of ether oxygens (including phenoxy) is 2. The molecule has 0 N–H and O–H groups in total. The Balaban J connectivity index is 1.97. The zero-order chi connectivity index (χ0) is 16.4. The van der Waals surface area contributed by atoms with E-state index in [1.807, 2.05) is 18.2 Å². The van der Waals surface area contributed by atoms with Crippen LogP contribution in [-0.4, -0.2) is 24.4 Å². The monoisotopic (exact) mass is 326 g/mol. The normalized spacial score (nSPS) is 10.6. The highest BCUT2D eigenvalue weighted by molar-refractivity contribution is 7.17. The van der Waals surface area contributed by atoms with Crippen molar-refractivity contribution in [2.45, 2.75) is 13.8 Å². The van der Waals surface area contributed by atoms with Crippen molar-refractivity contribution < 1.29 is 9.47 Å². The summed E-state index contributed by atoms with van der Waals surface area (Å²) in [6.45, 7) is 4.21. The maximum absolute atomic E-state index is 5.35. The average Bonchev–Trinajstić information content (AvgIpc) is 3.06. The van der Waals surface area contributed by atoms with Gasteiger partial charge < -0.3 is 9.47 Å². The summed E-state index contributed by atoms with van der Waals surface area (Å²) in [6, 6.07) is 12.1. The fourth-order valence-corrected chi connectivity index (χ4v) is 3.14. The summed E-state index contributed by atoms with van der Waals surface area (Å²) in [5.74, 6) is 1.39. The first-order valence-corrected chi connectivity index (χ1v) is 8.07. The Labute approximate surface area is 139 Å². The van der Waals surface area contributed by atoms with E-state index in [-0.39, 0.29) is 0 Å². The van der Waals surface area contributed by atoms with Crippen LogP contribution in [0.4, 0.5) is 0 Å². The number of hydrogen-bond donors (Lipinski definition) is 0. The van der Waals surface area contributed by atoms with Crippen LogP contribution in [0.25, 0.3) is 21.1 Å². The quantitative estimate of drug-likeness (QED) is 0.708. The molecule has 23 heavy (non-hydrogen) atoms. The van der Waals surface area contributed by atoms with Crippen molar-refractivity contribution in [3.8, 4) is 32.6 Å². The molecule has 0 bridgehead atoms. The van der Waals surface area contributed by atoms with E-state index in [9.17, 15) is 0 Å².